The first-order valence-corrected chi connectivity index (χ1v) is 21.7. The highest BCUT2D eigenvalue weighted by Gasteiger charge is 2.47. The molecule has 0 bridgehead atoms. The summed E-state index contributed by atoms with van der Waals surface area (Å²) in [5.74, 6) is -1.77. The number of aliphatic hydroxyl groups excluding tert-OH is 2. The van der Waals surface area contributed by atoms with Crippen molar-refractivity contribution < 1.29 is 53.9 Å². The number of hydrogen-bond donors (Lipinski definition) is 4. The van der Waals surface area contributed by atoms with Crippen LogP contribution in [0.1, 0.15) is 79.9 Å². The summed E-state index contributed by atoms with van der Waals surface area (Å²) in [6.45, 7) is 8.84. The van der Waals surface area contributed by atoms with E-state index in [1.165, 1.54) is 39.7 Å². The van der Waals surface area contributed by atoms with Crippen LogP contribution in [0.5, 0.6) is 5.75 Å². The molecule has 0 spiro atoms. The number of nitrogens with zero attached hydrogens (tertiary/aromatic N) is 5. The van der Waals surface area contributed by atoms with E-state index >= 15 is 0 Å². The van der Waals surface area contributed by atoms with Crippen LogP contribution >= 0.6 is 23.1 Å². The number of aliphatic carboxylic acids is 1. The molecule has 16 nitrogen and oxygen atoms in total. The van der Waals surface area contributed by atoms with Gasteiger partial charge < -0.3 is 25.2 Å². The monoisotopic (exact) mass is 889 g/mol. The number of anilines is 2. The summed E-state index contributed by atoms with van der Waals surface area (Å²) >= 11 is 2.44. The van der Waals surface area contributed by atoms with E-state index in [9.17, 15) is 39.0 Å². The molecule has 62 heavy (non-hydrogen) atoms. The highest BCUT2D eigenvalue weighted by atomic mass is 32.2. The molecule has 2 saturated heterocycles. The number of carboxylic acid groups (broad SMARTS) is 2. The number of carbonyl (C=O) groups is 6. The fourth-order valence-corrected chi connectivity index (χ4v) is 8.78. The number of ether oxygens (including phenoxy) is 1. The van der Waals surface area contributed by atoms with E-state index in [2.05, 4.69) is 4.98 Å². The zero-order valence-electron chi connectivity index (χ0n) is 35.3. The van der Waals surface area contributed by atoms with E-state index in [0.29, 0.717) is 40.1 Å². The second-order valence-corrected chi connectivity index (χ2v) is 18.0. The minimum Gasteiger partial charge on any atom is -0.482 e. The Hall–Kier alpha value is -5.82. The number of aliphatic hydroxyl groups is 2. The molecule has 0 aliphatic carbocycles. The summed E-state index contributed by atoms with van der Waals surface area (Å²) < 4.78 is 5.86. The molecule has 3 unspecified atom stereocenters. The van der Waals surface area contributed by atoms with Gasteiger partial charge in [0.2, 0.25) is 0 Å². The van der Waals surface area contributed by atoms with E-state index in [4.69, 9.17) is 14.9 Å². The Kier molecular flexibility index (Phi) is 15.5. The SMILES string of the molecule is CC(C)N1C(=O)C(Cc2cccc(OCC(=O)O)c2)N(c2ccc(C(C)(C)CO)cc2)C1=O.CCC(O)c1ccc(N2C(=O)N(C)C(=O)C2CCSc2ncc(C(=O)O)s2)cc1. The fourth-order valence-electron chi connectivity index (χ4n) is 6.89. The number of aromatic nitrogens is 1. The zero-order chi connectivity index (χ0) is 45.5. The highest BCUT2D eigenvalue weighted by molar-refractivity contribution is 8.01. The number of imide groups is 2. The van der Waals surface area contributed by atoms with Crippen LogP contribution in [0.15, 0.2) is 83.3 Å². The van der Waals surface area contributed by atoms with Crippen molar-refractivity contribution in [1.82, 2.24) is 14.8 Å². The molecule has 3 atom stereocenters. The number of carbonyl (C=O) groups excluding carboxylic acids is 4. The van der Waals surface area contributed by atoms with Crippen molar-refractivity contribution in [3.63, 3.8) is 0 Å². The summed E-state index contributed by atoms with van der Waals surface area (Å²) in [6, 6.07) is 18.7. The van der Waals surface area contributed by atoms with Crippen LogP contribution in [-0.2, 0) is 26.2 Å². The maximum Gasteiger partial charge on any atom is 0.347 e. The molecule has 4 aromatic rings. The third-order valence-electron chi connectivity index (χ3n) is 10.4. The molecule has 6 amide bonds. The smallest absolute Gasteiger partial charge is 0.347 e. The fraction of sp³-hybridized carbons (Fsp3) is 0.386. The number of hydrogen-bond acceptors (Lipinski definition) is 12. The van der Waals surface area contributed by atoms with Gasteiger partial charge in [0.1, 0.15) is 22.7 Å². The lowest BCUT2D eigenvalue weighted by atomic mass is 9.85. The van der Waals surface area contributed by atoms with Crippen molar-refractivity contribution in [1.29, 1.82) is 0 Å². The Morgan fingerprint density at radius 2 is 1.53 bits per heavy atom. The second-order valence-electron chi connectivity index (χ2n) is 15.6. The van der Waals surface area contributed by atoms with Crippen molar-refractivity contribution in [3.05, 3.63) is 101 Å². The van der Waals surface area contributed by atoms with Crippen molar-refractivity contribution in [3.8, 4) is 5.75 Å². The van der Waals surface area contributed by atoms with Crippen LogP contribution in [0.25, 0.3) is 0 Å². The lowest BCUT2D eigenvalue weighted by molar-refractivity contribution is -0.139. The topological polar surface area (TPSA) is 218 Å². The maximum atomic E-state index is 13.2. The number of urea groups is 2. The molecule has 18 heteroatoms. The number of rotatable bonds is 17. The van der Waals surface area contributed by atoms with E-state index in [-0.39, 0.29) is 41.8 Å². The molecule has 2 aliphatic rings. The number of aromatic carboxylic acids is 1. The van der Waals surface area contributed by atoms with Crippen LogP contribution in [0.4, 0.5) is 21.0 Å². The van der Waals surface area contributed by atoms with Gasteiger partial charge in [-0.05, 0) is 79.8 Å². The summed E-state index contributed by atoms with van der Waals surface area (Å²) in [4.78, 5) is 83.0. The van der Waals surface area contributed by atoms with Crippen molar-refractivity contribution in [2.45, 2.75) is 87.9 Å². The molecule has 4 N–H and O–H groups in total. The van der Waals surface area contributed by atoms with Crippen LogP contribution in [0.2, 0.25) is 0 Å². The van der Waals surface area contributed by atoms with Gasteiger partial charge in [0.05, 0.1) is 18.9 Å². The largest absolute Gasteiger partial charge is 0.482 e. The van der Waals surface area contributed by atoms with Gasteiger partial charge in [-0.2, -0.15) is 0 Å². The Morgan fingerprint density at radius 1 is 0.903 bits per heavy atom. The molecule has 1 aromatic heterocycles. The standard InChI is InChI=1S/C25H30N2O6.C19H21N3O5S2/c1-16(2)26-23(31)21(13-17-6-5-7-20(12-17)33-14-22(29)30)27(24(26)32)19-10-8-18(9-11-19)25(3,4)15-28;1-3-14(23)11-4-6-12(7-5-11)22-13(16(24)21(2)19(22)27)8-9-28-18-20-10-15(29-18)17(25)26/h5-12,16,21,28H,13-15H2,1-4H3,(H,29,30);4-7,10,13-14,23H,3,8-9H2,1-2H3,(H,25,26). The van der Waals surface area contributed by atoms with E-state index in [1.54, 1.807) is 68.4 Å². The molecule has 2 aliphatic heterocycles. The van der Waals surface area contributed by atoms with Gasteiger partial charge >= 0.3 is 24.0 Å². The minimum atomic E-state index is -1.08. The molecule has 330 valence electrons. The van der Waals surface area contributed by atoms with Crippen LogP contribution in [0, 0.1) is 0 Å². The maximum absolute atomic E-state index is 13.2. The first-order chi connectivity index (χ1) is 29.4. The van der Waals surface area contributed by atoms with Gasteiger partial charge in [0.15, 0.2) is 10.9 Å². The van der Waals surface area contributed by atoms with Crippen LogP contribution in [-0.4, -0.2) is 115 Å². The summed E-state index contributed by atoms with van der Waals surface area (Å²) in [5, 5.41) is 37.4. The number of likely N-dealkylation sites (N-methyl/N-ethyl adjacent to an activating group) is 1. The number of thioether (sulfide) groups is 1. The van der Waals surface area contributed by atoms with Gasteiger partial charge in [0, 0.05) is 42.1 Å². The van der Waals surface area contributed by atoms with Gasteiger partial charge in [-0.25, -0.2) is 24.2 Å². The minimum absolute atomic E-state index is 0.0163. The molecular weight excluding hydrogens is 839 g/mol. The molecule has 0 saturated carbocycles. The predicted molar refractivity (Wildman–Crippen MR) is 234 cm³/mol. The Balaban J connectivity index is 0.000000236. The number of thiazole rings is 1. The first kappa shape index (κ1) is 47.2. The average molecular weight is 890 g/mol. The third kappa shape index (κ3) is 10.8. The van der Waals surface area contributed by atoms with Crippen molar-refractivity contribution >= 4 is 70.3 Å². The van der Waals surface area contributed by atoms with E-state index in [1.807, 2.05) is 39.0 Å². The number of benzene rings is 3. The molecule has 2 fully saturated rings. The lowest BCUT2D eigenvalue weighted by Crippen LogP contribution is -2.38. The lowest BCUT2D eigenvalue weighted by Gasteiger charge is -2.25. The molecule has 0 radical (unpaired) electrons. The number of amides is 6. The Bertz CT molecular complexity index is 2260. The Labute approximate surface area is 367 Å². The molecule has 6 rings (SSSR count). The van der Waals surface area contributed by atoms with E-state index in [0.717, 1.165) is 32.9 Å². The molecular formula is C44H51N5O11S2. The average Bonchev–Trinajstić information content (AvgIpc) is 3.89. The number of carboxylic acids is 2. The van der Waals surface area contributed by atoms with E-state index < -0.39 is 48.2 Å². The molecule has 3 heterocycles. The molecule has 3 aromatic carbocycles. The summed E-state index contributed by atoms with van der Waals surface area (Å²) in [5.41, 5.74) is 3.19. The van der Waals surface area contributed by atoms with Crippen LogP contribution in [0.3, 0.4) is 0 Å². The summed E-state index contributed by atoms with van der Waals surface area (Å²) in [7, 11) is 1.46. The summed E-state index contributed by atoms with van der Waals surface area (Å²) in [6.07, 6.45) is 1.99. The van der Waals surface area contributed by atoms with Crippen molar-refractivity contribution in [2.75, 3.05) is 35.8 Å². The first-order valence-electron chi connectivity index (χ1n) is 19.9. The second kappa shape index (κ2) is 20.4. The normalized spacial score (nSPS) is 17.2. The zero-order valence-corrected chi connectivity index (χ0v) is 36.9. The quantitative estimate of drug-likeness (QED) is 0.0664. The third-order valence-corrected chi connectivity index (χ3v) is 12.6. The van der Waals surface area contributed by atoms with Gasteiger partial charge in [-0.15, -0.1) is 11.3 Å². The Morgan fingerprint density at radius 3 is 2.10 bits per heavy atom. The highest BCUT2D eigenvalue weighted by Crippen LogP contribution is 2.34. The van der Waals surface area contributed by atoms with Gasteiger partial charge in [-0.1, -0.05) is 68.9 Å². The van der Waals surface area contributed by atoms with Gasteiger partial charge in [0.25, 0.3) is 11.8 Å². The van der Waals surface area contributed by atoms with Crippen molar-refractivity contribution in [2.24, 2.45) is 0 Å². The predicted octanol–water partition coefficient (Wildman–Crippen LogP) is 6.44. The van der Waals surface area contributed by atoms with Crippen LogP contribution < -0.4 is 14.5 Å². The van der Waals surface area contributed by atoms with Gasteiger partial charge in [-0.3, -0.25) is 29.2 Å².